The van der Waals surface area contributed by atoms with E-state index >= 15 is 0 Å². The predicted molar refractivity (Wildman–Crippen MR) is 88.4 cm³/mol. The van der Waals surface area contributed by atoms with Gasteiger partial charge in [-0.1, -0.05) is 13.8 Å². The fourth-order valence-corrected chi connectivity index (χ4v) is 4.31. The van der Waals surface area contributed by atoms with Crippen molar-refractivity contribution in [3.05, 3.63) is 21.9 Å². The summed E-state index contributed by atoms with van der Waals surface area (Å²) in [4.78, 5) is 5.46. The third-order valence-electron chi connectivity index (χ3n) is 3.63. The van der Waals surface area contributed by atoms with Gasteiger partial charge in [0.15, 0.2) is 0 Å². The summed E-state index contributed by atoms with van der Waals surface area (Å²) in [7, 11) is 0. The molecule has 0 radical (unpaired) electrons. The van der Waals surface area contributed by atoms with Gasteiger partial charge in [0, 0.05) is 46.4 Å². The Morgan fingerprint density at radius 1 is 1.32 bits per heavy atom. The van der Waals surface area contributed by atoms with E-state index in [9.17, 15) is 0 Å². The first-order chi connectivity index (χ1) is 9.05. The van der Waals surface area contributed by atoms with Gasteiger partial charge < -0.3 is 10.2 Å². The van der Waals surface area contributed by atoms with Crippen LogP contribution in [0.3, 0.4) is 0 Å². The molecule has 2 rings (SSSR count). The van der Waals surface area contributed by atoms with Crippen molar-refractivity contribution in [2.45, 2.75) is 38.5 Å². The molecule has 0 bridgehead atoms. The first-order valence-corrected chi connectivity index (χ1v) is 8.98. The van der Waals surface area contributed by atoms with Crippen molar-refractivity contribution in [1.29, 1.82) is 0 Å². The zero-order valence-electron chi connectivity index (χ0n) is 12.4. The topological polar surface area (TPSA) is 15.3 Å². The van der Waals surface area contributed by atoms with Gasteiger partial charge in [0.1, 0.15) is 0 Å². The van der Waals surface area contributed by atoms with Crippen LogP contribution < -0.4 is 5.32 Å². The van der Waals surface area contributed by atoms with Crippen LogP contribution in [-0.4, -0.2) is 41.6 Å². The summed E-state index contributed by atoms with van der Waals surface area (Å²) < 4.78 is 0.469. The van der Waals surface area contributed by atoms with Crippen LogP contribution in [0.2, 0.25) is 0 Å². The van der Waals surface area contributed by atoms with Crippen molar-refractivity contribution in [1.82, 2.24) is 10.2 Å². The second-order valence-corrected chi connectivity index (χ2v) is 9.06. The molecule has 1 fully saturated rings. The van der Waals surface area contributed by atoms with Crippen LogP contribution in [0.15, 0.2) is 12.1 Å². The van der Waals surface area contributed by atoms with Gasteiger partial charge in [0.2, 0.25) is 0 Å². The molecule has 1 aromatic rings. The van der Waals surface area contributed by atoms with E-state index in [1.807, 2.05) is 11.3 Å². The van der Waals surface area contributed by atoms with Gasteiger partial charge in [-0.15, -0.1) is 11.3 Å². The molecule has 0 amide bonds. The van der Waals surface area contributed by atoms with E-state index < -0.39 is 0 Å². The number of hydrogen-bond acceptors (Lipinski definition) is 4. The summed E-state index contributed by atoms with van der Waals surface area (Å²) in [6.07, 6.45) is 1.31. The number of nitrogens with one attached hydrogen (secondary N) is 1. The fraction of sp³-hybridized carbons (Fsp3) is 0.733. The third-order valence-corrected chi connectivity index (χ3v) is 6.00. The van der Waals surface area contributed by atoms with Crippen molar-refractivity contribution in [3.8, 4) is 0 Å². The van der Waals surface area contributed by atoms with Gasteiger partial charge in [-0.05, 0) is 32.0 Å². The normalized spacial score (nSPS) is 20.4. The van der Waals surface area contributed by atoms with Crippen LogP contribution in [0.5, 0.6) is 0 Å². The highest BCUT2D eigenvalue weighted by Gasteiger charge is 2.23. The minimum Gasteiger partial charge on any atom is -0.311 e. The Balaban J connectivity index is 1.63. The summed E-state index contributed by atoms with van der Waals surface area (Å²) in [5, 5.41) is 3.57. The van der Waals surface area contributed by atoms with Crippen LogP contribution in [0, 0.1) is 6.92 Å². The minimum atomic E-state index is 0.469. The number of rotatable bonds is 5. The van der Waals surface area contributed by atoms with Crippen LogP contribution in [0.1, 0.15) is 30.0 Å². The molecule has 0 spiro atoms. The molecule has 1 N–H and O–H groups in total. The van der Waals surface area contributed by atoms with Crippen molar-refractivity contribution < 1.29 is 0 Å². The molecule has 1 aromatic heterocycles. The van der Waals surface area contributed by atoms with Crippen LogP contribution in [0.25, 0.3) is 0 Å². The third kappa shape index (κ3) is 5.46. The molecule has 1 aliphatic heterocycles. The van der Waals surface area contributed by atoms with Crippen molar-refractivity contribution in [2.24, 2.45) is 0 Å². The van der Waals surface area contributed by atoms with E-state index in [1.165, 1.54) is 41.6 Å². The van der Waals surface area contributed by atoms with Crippen LogP contribution >= 0.6 is 23.1 Å². The molecule has 0 aromatic carbocycles. The van der Waals surface area contributed by atoms with E-state index in [0.717, 1.165) is 13.1 Å². The fourth-order valence-electron chi connectivity index (χ4n) is 2.31. The zero-order chi connectivity index (χ0) is 13.7. The lowest BCUT2D eigenvalue weighted by Gasteiger charge is -2.22. The SMILES string of the molecule is Cc1ccc(CNCCN2CCSC(C)(C)CC2)s1. The first-order valence-electron chi connectivity index (χ1n) is 7.17. The van der Waals surface area contributed by atoms with E-state index in [4.69, 9.17) is 0 Å². The molecule has 2 nitrogen and oxygen atoms in total. The Morgan fingerprint density at radius 2 is 2.16 bits per heavy atom. The highest BCUT2D eigenvalue weighted by molar-refractivity contribution is 8.00. The monoisotopic (exact) mass is 298 g/mol. The molecule has 108 valence electrons. The predicted octanol–water partition coefficient (Wildman–Crippen LogP) is 3.36. The standard InChI is InChI=1S/C15H26N2S2/c1-13-4-5-14(19-13)12-16-7-9-17-8-6-15(2,3)18-11-10-17/h4-5,16H,6-12H2,1-3H3. The molecule has 0 unspecified atom stereocenters. The van der Waals surface area contributed by atoms with Crippen LogP contribution in [-0.2, 0) is 6.54 Å². The van der Waals surface area contributed by atoms with Gasteiger partial charge in [0.05, 0.1) is 0 Å². The largest absolute Gasteiger partial charge is 0.311 e. The molecule has 0 atom stereocenters. The molecule has 0 aliphatic carbocycles. The second kappa shape index (κ2) is 7.11. The Kier molecular flexibility index (Phi) is 5.75. The van der Waals surface area contributed by atoms with Gasteiger partial charge in [0.25, 0.3) is 0 Å². The molecule has 4 heteroatoms. The number of aryl methyl sites for hydroxylation is 1. The second-order valence-electron chi connectivity index (χ2n) is 5.89. The number of nitrogens with zero attached hydrogens (tertiary/aromatic N) is 1. The summed E-state index contributed by atoms with van der Waals surface area (Å²) in [6.45, 7) is 12.7. The van der Waals surface area contributed by atoms with Crippen LogP contribution in [0.4, 0.5) is 0 Å². The molecular weight excluding hydrogens is 272 g/mol. The van der Waals surface area contributed by atoms with Crippen molar-refractivity contribution in [2.75, 3.05) is 31.9 Å². The summed E-state index contributed by atoms with van der Waals surface area (Å²) in [5.74, 6) is 1.27. The summed E-state index contributed by atoms with van der Waals surface area (Å²) in [5.41, 5.74) is 0. The minimum absolute atomic E-state index is 0.469. The Morgan fingerprint density at radius 3 is 2.89 bits per heavy atom. The number of thioether (sulfide) groups is 1. The maximum absolute atomic E-state index is 3.57. The average Bonchev–Trinajstić information content (AvgIpc) is 2.68. The Labute approximate surface area is 126 Å². The lowest BCUT2D eigenvalue weighted by atomic mass is 10.1. The van der Waals surface area contributed by atoms with Crippen molar-refractivity contribution in [3.63, 3.8) is 0 Å². The lowest BCUT2D eigenvalue weighted by Crippen LogP contribution is -2.34. The number of hydrogen-bond donors (Lipinski definition) is 1. The summed E-state index contributed by atoms with van der Waals surface area (Å²) >= 11 is 4.02. The molecule has 2 heterocycles. The molecule has 19 heavy (non-hydrogen) atoms. The maximum Gasteiger partial charge on any atom is 0.0300 e. The first kappa shape index (κ1) is 15.4. The molecule has 1 saturated heterocycles. The van der Waals surface area contributed by atoms with Gasteiger partial charge in [-0.3, -0.25) is 0 Å². The van der Waals surface area contributed by atoms with E-state index in [1.54, 1.807) is 0 Å². The Hall–Kier alpha value is -0.0300. The maximum atomic E-state index is 3.57. The molecule has 0 saturated carbocycles. The van der Waals surface area contributed by atoms with E-state index in [0.29, 0.717) is 4.75 Å². The zero-order valence-corrected chi connectivity index (χ0v) is 14.0. The smallest absolute Gasteiger partial charge is 0.0300 e. The van der Waals surface area contributed by atoms with Gasteiger partial charge in [-0.2, -0.15) is 11.8 Å². The van der Waals surface area contributed by atoms with E-state index in [2.05, 4.69) is 54.9 Å². The Bertz CT molecular complexity index is 387. The summed E-state index contributed by atoms with van der Waals surface area (Å²) in [6, 6.07) is 4.44. The molecule has 1 aliphatic rings. The van der Waals surface area contributed by atoms with E-state index in [-0.39, 0.29) is 0 Å². The number of thiophene rings is 1. The molecular formula is C15H26N2S2. The van der Waals surface area contributed by atoms with Crippen molar-refractivity contribution >= 4 is 23.1 Å². The highest BCUT2D eigenvalue weighted by atomic mass is 32.2. The van der Waals surface area contributed by atoms with Gasteiger partial charge in [-0.25, -0.2) is 0 Å². The lowest BCUT2D eigenvalue weighted by molar-refractivity contribution is 0.283. The average molecular weight is 299 g/mol. The quantitative estimate of drug-likeness (QED) is 0.839. The highest BCUT2D eigenvalue weighted by Crippen LogP contribution is 2.30. The van der Waals surface area contributed by atoms with Gasteiger partial charge >= 0.3 is 0 Å².